The third kappa shape index (κ3) is 3.89. The number of fused-ring (bicyclic) bond motifs is 1. The van der Waals surface area contributed by atoms with Crippen LogP contribution >= 0.6 is 0 Å². The molecule has 2 N–H and O–H groups in total. The Hall–Kier alpha value is -3.93. The molecule has 2 atom stereocenters. The molecule has 0 saturated heterocycles. The van der Waals surface area contributed by atoms with E-state index in [0.29, 0.717) is 0 Å². The van der Waals surface area contributed by atoms with Crippen molar-refractivity contribution in [1.29, 1.82) is 0 Å². The number of benzene rings is 2. The van der Waals surface area contributed by atoms with Gasteiger partial charge in [-0.1, -0.05) is 25.1 Å². The van der Waals surface area contributed by atoms with Crippen molar-refractivity contribution in [2.24, 2.45) is 4.99 Å². The van der Waals surface area contributed by atoms with E-state index in [1.165, 1.54) is 16.5 Å². The van der Waals surface area contributed by atoms with E-state index < -0.39 is 0 Å². The fraction of sp³-hybridized carbons (Fsp3) is 0.222. The first-order valence-corrected chi connectivity index (χ1v) is 11.2. The van der Waals surface area contributed by atoms with Crippen LogP contribution in [0.15, 0.2) is 76.6 Å². The molecular weight excluding hydrogens is 410 g/mol. The van der Waals surface area contributed by atoms with Crippen molar-refractivity contribution in [1.82, 2.24) is 14.9 Å². The molecule has 33 heavy (non-hydrogen) atoms. The van der Waals surface area contributed by atoms with Crippen molar-refractivity contribution < 1.29 is 4.42 Å². The summed E-state index contributed by atoms with van der Waals surface area (Å²) in [7, 11) is 0. The number of anilines is 1. The number of rotatable bonds is 5. The number of aliphatic imine (C=N–C) groups is 1. The molecule has 1 unspecified atom stereocenters. The van der Waals surface area contributed by atoms with Crippen LogP contribution in [0.5, 0.6) is 0 Å². The van der Waals surface area contributed by atoms with Crippen LogP contribution in [0.2, 0.25) is 0 Å². The minimum atomic E-state index is 0.00852. The minimum absolute atomic E-state index is 0.00852. The van der Waals surface area contributed by atoms with E-state index in [-0.39, 0.29) is 18.2 Å². The number of nitrogens with two attached hydrogens (primary N) is 1. The smallest absolute Gasteiger partial charge is 0.219 e. The van der Waals surface area contributed by atoms with Gasteiger partial charge in [-0.05, 0) is 72.9 Å². The molecule has 2 aromatic carbocycles. The molecule has 0 saturated carbocycles. The molecule has 0 radical (unpaired) electrons. The third-order valence-corrected chi connectivity index (χ3v) is 6.34. The molecule has 0 amide bonds. The number of nitrogens with zero attached hydrogens (tertiary/aromatic N) is 4. The van der Waals surface area contributed by atoms with Gasteiger partial charge in [-0.15, -0.1) is 0 Å². The van der Waals surface area contributed by atoms with Crippen molar-refractivity contribution in [3.63, 3.8) is 0 Å². The summed E-state index contributed by atoms with van der Waals surface area (Å²) in [5.41, 5.74) is 13.3. The van der Waals surface area contributed by atoms with Gasteiger partial charge in [0.2, 0.25) is 5.95 Å². The monoisotopic (exact) mass is 437 g/mol. The highest BCUT2D eigenvalue weighted by Gasteiger charge is 2.26. The first kappa shape index (κ1) is 20.9. The fourth-order valence-electron chi connectivity index (χ4n) is 4.52. The maximum absolute atomic E-state index is 5.73. The van der Waals surface area contributed by atoms with Crippen LogP contribution in [0.3, 0.4) is 0 Å². The quantitative estimate of drug-likeness (QED) is 0.422. The number of furan rings is 1. The normalized spacial score (nSPS) is 16.8. The molecule has 5 rings (SSSR count). The molecular formula is C27H27N5O. The van der Waals surface area contributed by atoms with Crippen molar-refractivity contribution in [2.45, 2.75) is 39.4 Å². The lowest BCUT2D eigenvalue weighted by atomic mass is 9.98. The van der Waals surface area contributed by atoms with Crippen molar-refractivity contribution >= 4 is 28.8 Å². The zero-order valence-corrected chi connectivity index (χ0v) is 19.1. The van der Waals surface area contributed by atoms with E-state index in [2.05, 4.69) is 89.2 Å². The maximum Gasteiger partial charge on any atom is 0.219 e. The van der Waals surface area contributed by atoms with Crippen LogP contribution in [0.1, 0.15) is 43.5 Å². The van der Waals surface area contributed by atoms with Gasteiger partial charge in [0.15, 0.2) is 0 Å². The SMILES string of the molecule is CCc1coc2ccc(C3=CC=NC(C)N3[C@@H](C)c3cccc(-c4cnc(N)nc4)c3)cc12. The predicted molar refractivity (Wildman–Crippen MR) is 134 cm³/mol. The van der Waals surface area contributed by atoms with Gasteiger partial charge in [0.25, 0.3) is 0 Å². The highest BCUT2D eigenvalue weighted by molar-refractivity contribution is 5.90. The van der Waals surface area contributed by atoms with Crippen LogP contribution in [0, 0.1) is 0 Å². The second kappa shape index (κ2) is 8.54. The number of aryl methyl sites for hydroxylation is 1. The molecule has 6 nitrogen and oxygen atoms in total. The molecule has 3 heterocycles. The topological polar surface area (TPSA) is 80.5 Å². The average molecular weight is 438 g/mol. The van der Waals surface area contributed by atoms with Crippen LogP contribution in [-0.4, -0.2) is 27.2 Å². The van der Waals surface area contributed by atoms with E-state index in [0.717, 1.165) is 34.4 Å². The first-order chi connectivity index (χ1) is 16.0. The molecule has 0 bridgehead atoms. The summed E-state index contributed by atoms with van der Waals surface area (Å²) < 4.78 is 5.73. The second-order valence-corrected chi connectivity index (χ2v) is 8.35. The highest BCUT2D eigenvalue weighted by Crippen LogP contribution is 2.36. The molecule has 1 aliphatic rings. The lowest BCUT2D eigenvalue weighted by Crippen LogP contribution is -2.34. The molecule has 2 aromatic heterocycles. The van der Waals surface area contributed by atoms with Gasteiger partial charge in [0, 0.05) is 35.3 Å². The molecule has 1 aliphatic heterocycles. The minimum Gasteiger partial charge on any atom is -0.464 e. The van der Waals surface area contributed by atoms with Gasteiger partial charge in [0.1, 0.15) is 11.7 Å². The number of nitrogen functional groups attached to an aromatic ring is 1. The van der Waals surface area contributed by atoms with E-state index in [1.807, 2.05) is 12.5 Å². The Balaban J connectivity index is 1.52. The first-order valence-electron chi connectivity index (χ1n) is 11.2. The number of aromatic nitrogens is 2. The van der Waals surface area contributed by atoms with E-state index >= 15 is 0 Å². The molecule has 0 spiro atoms. The van der Waals surface area contributed by atoms with Gasteiger partial charge >= 0.3 is 0 Å². The summed E-state index contributed by atoms with van der Waals surface area (Å²) >= 11 is 0. The van der Waals surface area contributed by atoms with Crippen LogP contribution < -0.4 is 5.73 Å². The summed E-state index contributed by atoms with van der Waals surface area (Å²) in [5.74, 6) is 0.277. The van der Waals surface area contributed by atoms with Gasteiger partial charge in [-0.3, -0.25) is 4.99 Å². The molecule has 4 aromatic rings. The van der Waals surface area contributed by atoms with Crippen LogP contribution in [0.4, 0.5) is 5.95 Å². The fourth-order valence-corrected chi connectivity index (χ4v) is 4.52. The third-order valence-electron chi connectivity index (χ3n) is 6.34. The van der Waals surface area contributed by atoms with Gasteiger partial charge in [-0.25, -0.2) is 9.97 Å². The summed E-state index contributed by atoms with van der Waals surface area (Å²) in [6.45, 7) is 6.50. The van der Waals surface area contributed by atoms with Crippen molar-refractivity contribution in [3.8, 4) is 11.1 Å². The predicted octanol–water partition coefficient (Wildman–Crippen LogP) is 5.87. The Kier molecular flexibility index (Phi) is 5.42. The molecule has 6 heteroatoms. The summed E-state index contributed by atoms with van der Waals surface area (Å²) in [6, 6.07) is 15.0. The Morgan fingerprint density at radius 2 is 1.88 bits per heavy atom. The maximum atomic E-state index is 5.73. The van der Waals surface area contributed by atoms with Gasteiger partial charge < -0.3 is 15.1 Å². The van der Waals surface area contributed by atoms with Crippen LogP contribution in [-0.2, 0) is 6.42 Å². The zero-order chi connectivity index (χ0) is 22.9. The average Bonchev–Trinajstić information content (AvgIpc) is 3.26. The Morgan fingerprint density at radius 3 is 2.67 bits per heavy atom. The number of hydrogen-bond acceptors (Lipinski definition) is 6. The Bertz CT molecular complexity index is 1350. The lowest BCUT2D eigenvalue weighted by Gasteiger charge is -2.38. The van der Waals surface area contributed by atoms with E-state index in [4.69, 9.17) is 10.2 Å². The number of allylic oxidation sites excluding steroid dienone is 1. The molecule has 0 fully saturated rings. The van der Waals surface area contributed by atoms with E-state index in [1.54, 1.807) is 12.4 Å². The standard InChI is InChI=1S/C27H27N5O/c1-4-19-16-33-26-9-8-22(13-24(19)26)25-10-11-29-18(3)32(25)17(2)20-6-5-7-21(12-20)23-14-30-27(28)31-15-23/h5-18H,4H2,1-3H3,(H2,28,30,31)/t17-,18?/m0/s1. The summed E-state index contributed by atoms with van der Waals surface area (Å²) in [5, 5.41) is 1.17. The molecule has 0 aliphatic carbocycles. The van der Waals surface area contributed by atoms with Crippen molar-refractivity contribution in [3.05, 3.63) is 83.9 Å². The van der Waals surface area contributed by atoms with Crippen LogP contribution in [0.25, 0.3) is 27.8 Å². The number of hydrogen-bond donors (Lipinski definition) is 1. The summed E-state index contributed by atoms with van der Waals surface area (Å²) in [6.07, 6.45) is 10.3. The lowest BCUT2D eigenvalue weighted by molar-refractivity contribution is 0.252. The highest BCUT2D eigenvalue weighted by atomic mass is 16.3. The van der Waals surface area contributed by atoms with Crippen molar-refractivity contribution in [2.75, 3.05) is 5.73 Å². The largest absolute Gasteiger partial charge is 0.464 e. The van der Waals surface area contributed by atoms with Gasteiger partial charge in [0.05, 0.1) is 12.3 Å². The second-order valence-electron chi connectivity index (χ2n) is 8.35. The Morgan fingerprint density at radius 1 is 1.06 bits per heavy atom. The van der Waals surface area contributed by atoms with E-state index in [9.17, 15) is 0 Å². The summed E-state index contributed by atoms with van der Waals surface area (Å²) in [4.78, 5) is 15.3. The van der Waals surface area contributed by atoms with Gasteiger partial charge in [-0.2, -0.15) is 0 Å². The Labute approximate surface area is 193 Å². The zero-order valence-electron chi connectivity index (χ0n) is 19.1. The molecule has 166 valence electrons.